The quantitative estimate of drug-likeness (QED) is 0.842. The van der Waals surface area contributed by atoms with Crippen molar-refractivity contribution in [3.63, 3.8) is 0 Å². The van der Waals surface area contributed by atoms with Gasteiger partial charge in [0.1, 0.15) is 11.5 Å². The smallest absolute Gasteiger partial charge is 0.271 e. The lowest BCUT2D eigenvalue weighted by Gasteiger charge is -2.17. The summed E-state index contributed by atoms with van der Waals surface area (Å²) in [6.07, 6.45) is 2.46. The van der Waals surface area contributed by atoms with Gasteiger partial charge in [0.15, 0.2) is 0 Å². The number of nitrogens with zero attached hydrogens (tertiary/aromatic N) is 3. The molecule has 0 saturated carbocycles. The Bertz CT molecular complexity index is 467. The Kier molecular flexibility index (Phi) is 3.87. The molecule has 6 nitrogen and oxygen atoms in total. The third-order valence-corrected chi connectivity index (χ3v) is 3.17. The number of hydrogen-bond donors (Lipinski definition) is 1. The molecule has 0 atom stereocenters. The minimum atomic E-state index is -0.140. The number of hydrogen-bond acceptors (Lipinski definition) is 3. The van der Waals surface area contributed by atoms with Crippen LogP contribution in [0.4, 0.5) is 0 Å². The number of rotatable bonds is 2. The minimum Gasteiger partial charge on any atom is -0.348 e. The SMILES string of the molecule is CC(=O)N1CCc2nc(C(=O)NC(C)C)cn2CC1. The summed E-state index contributed by atoms with van der Waals surface area (Å²) in [7, 11) is 0. The van der Waals surface area contributed by atoms with E-state index in [0.29, 0.717) is 31.7 Å². The van der Waals surface area contributed by atoms with E-state index in [4.69, 9.17) is 0 Å². The van der Waals surface area contributed by atoms with E-state index in [2.05, 4.69) is 10.3 Å². The Morgan fingerprint density at radius 3 is 2.68 bits per heavy atom. The van der Waals surface area contributed by atoms with Crippen LogP contribution in [0.2, 0.25) is 0 Å². The summed E-state index contributed by atoms with van der Waals surface area (Å²) in [6.45, 7) is 7.45. The second kappa shape index (κ2) is 5.42. The molecule has 1 N–H and O–H groups in total. The van der Waals surface area contributed by atoms with Crippen molar-refractivity contribution in [1.29, 1.82) is 0 Å². The van der Waals surface area contributed by atoms with Crippen molar-refractivity contribution in [3.05, 3.63) is 17.7 Å². The Labute approximate surface area is 112 Å². The van der Waals surface area contributed by atoms with Crippen LogP contribution < -0.4 is 5.32 Å². The summed E-state index contributed by atoms with van der Waals surface area (Å²) in [5, 5.41) is 2.83. The van der Waals surface area contributed by atoms with Crippen molar-refractivity contribution in [2.24, 2.45) is 0 Å². The van der Waals surface area contributed by atoms with Gasteiger partial charge in [-0.05, 0) is 13.8 Å². The first kappa shape index (κ1) is 13.6. The average molecular weight is 264 g/mol. The lowest BCUT2D eigenvalue weighted by atomic mass is 10.3. The molecule has 19 heavy (non-hydrogen) atoms. The zero-order valence-corrected chi connectivity index (χ0v) is 11.6. The highest BCUT2D eigenvalue weighted by Crippen LogP contribution is 2.10. The molecule has 2 rings (SSSR count). The molecule has 0 aromatic carbocycles. The molecule has 0 unspecified atom stereocenters. The summed E-state index contributed by atoms with van der Waals surface area (Å²) in [5.41, 5.74) is 0.458. The van der Waals surface area contributed by atoms with Crippen molar-refractivity contribution >= 4 is 11.8 Å². The topological polar surface area (TPSA) is 67.2 Å². The summed E-state index contributed by atoms with van der Waals surface area (Å²) < 4.78 is 1.97. The van der Waals surface area contributed by atoms with Gasteiger partial charge in [0.05, 0.1) is 0 Å². The van der Waals surface area contributed by atoms with Gasteiger partial charge in [0, 0.05) is 45.2 Å². The fourth-order valence-corrected chi connectivity index (χ4v) is 2.18. The molecule has 0 radical (unpaired) electrons. The molecule has 0 aliphatic carbocycles. The van der Waals surface area contributed by atoms with Crippen molar-refractivity contribution in [1.82, 2.24) is 19.8 Å². The molecule has 1 aliphatic heterocycles. The van der Waals surface area contributed by atoms with Gasteiger partial charge < -0.3 is 14.8 Å². The van der Waals surface area contributed by atoms with Gasteiger partial charge in [0.25, 0.3) is 5.91 Å². The molecule has 0 spiro atoms. The van der Waals surface area contributed by atoms with Gasteiger partial charge in [-0.15, -0.1) is 0 Å². The Morgan fingerprint density at radius 1 is 1.32 bits per heavy atom. The average Bonchev–Trinajstić information content (AvgIpc) is 2.62. The molecule has 2 amide bonds. The van der Waals surface area contributed by atoms with Crippen LogP contribution in [0.25, 0.3) is 0 Å². The normalized spacial score (nSPS) is 15.1. The zero-order valence-electron chi connectivity index (χ0n) is 11.6. The van der Waals surface area contributed by atoms with Crippen LogP contribution in [0, 0.1) is 0 Å². The van der Waals surface area contributed by atoms with Gasteiger partial charge >= 0.3 is 0 Å². The molecule has 0 fully saturated rings. The van der Waals surface area contributed by atoms with E-state index >= 15 is 0 Å². The number of fused-ring (bicyclic) bond motifs is 1. The highest BCUT2D eigenvalue weighted by molar-refractivity contribution is 5.92. The summed E-state index contributed by atoms with van der Waals surface area (Å²) >= 11 is 0. The predicted molar refractivity (Wildman–Crippen MR) is 70.8 cm³/mol. The lowest BCUT2D eigenvalue weighted by molar-refractivity contribution is -0.128. The summed E-state index contributed by atoms with van der Waals surface area (Å²) in [4.78, 5) is 29.4. The van der Waals surface area contributed by atoms with E-state index in [1.54, 1.807) is 13.1 Å². The number of aromatic nitrogens is 2. The lowest BCUT2D eigenvalue weighted by Crippen LogP contribution is -2.32. The van der Waals surface area contributed by atoms with E-state index < -0.39 is 0 Å². The second-order valence-electron chi connectivity index (χ2n) is 5.12. The van der Waals surface area contributed by atoms with Crippen LogP contribution in [0.5, 0.6) is 0 Å². The number of nitrogens with one attached hydrogen (secondary N) is 1. The van der Waals surface area contributed by atoms with Crippen molar-refractivity contribution in [2.75, 3.05) is 13.1 Å². The Balaban J connectivity index is 2.10. The first-order chi connectivity index (χ1) is 8.97. The Morgan fingerprint density at radius 2 is 2.05 bits per heavy atom. The van der Waals surface area contributed by atoms with Crippen molar-refractivity contribution < 1.29 is 9.59 Å². The van der Waals surface area contributed by atoms with Crippen LogP contribution in [0.15, 0.2) is 6.20 Å². The van der Waals surface area contributed by atoms with Crippen LogP contribution in [0.1, 0.15) is 37.1 Å². The van der Waals surface area contributed by atoms with Crippen LogP contribution in [-0.4, -0.2) is 45.4 Å². The fraction of sp³-hybridized carbons (Fsp3) is 0.615. The third kappa shape index (κ3) is 3.13. The maximum Gasteiger partial charge on any atom is 0.271 e. The molecule has 0 bridgehead atoms. The number of carbonyl (C=O) groups excluding carboxylic acids is 2. The largest absolute Gasteiger partial charge is 0.348 e. The third-order valence-electron chi connectivity index (χ3n) is 3.17. The molecular formula is C13H20N4O2. The number of carbonyl (C=O) groups is 2. The Hall–Kier alpha value is -1.85. The van der Waals surface area contributed by atoms with Gasteiger partial charge in [-0.1, -0.05) is 0 Å². The van der Waals surface area contributed by atoms with Gasteiger partial charge in [-0.25, -0.2) is 4.98 Å². The first-order valence-corrected chi connectivity index (χ1v) is 6.60. The van der Waals surface area contributed by atoms with E-state index in [-0.39, 0.29) is 17.9 Å². The van der Waals surface area contributed by atoms with Crippen molar-refractivity contribution in [2.45, 2.75) is 39.8 Å². The van der Waals surface area contributed by atoms with Crippen LogP contribution in [0.3, 0.4) is 0 Å². The maximum atomic E-state index is 11.9. The monoisotopic (exact) mass is 264 g/mol. The van der Waals surface area contributed by atoms with E-state index in [1.165, 1.54) is 0 Å². The van der Waals surface area contributed by atoms with Gasteiger partial charge in [-0.2, -0.15) is 0 Å². The minimum absolute atomic E-state index is 0.0866. The fourth-order valence-electron chi connectivity index (χ4n) is 2.18. The molecule has 2 heterocycles. The number of imidazole rings is 1. The van der Waals surface area contributed by atoms with Gasteiger partial charge in [-0.3, -0.25) is 9.59 Å². The predicted octanol–water partition coefficient (Wildman–Crippen LogP) is 0.426. The summed E-state index contributed by atoms with van der Waals surface area (Å²) in [6, 6.07) is 0.0993. The molecule has 0 saturated heterocycles. The van der Waals surface area contributed by atoms with E-state index in [0.717, 1.165) is 5.82 Å². The zero-order chi connectivity index (χ0) is 14.0. The van der Waals surface area contributed by atoms with E-state index in [1.807, 2.05) is 23.3 Å². The first-order valence-electron chi connectivity index (χ1n) is 6.60. The maximum absolute atomic E-state index is 11.9. The standard InChI is InChI=1S/C13H20N4O2/c1-9(2)14-13(19)11-8-17-7-6-16(10(3)18)5-4-12(17)15-11/h8-9H,4-7H2,1-3H3,(H,14,19). The van der Waals surface area contributed by atoms with E-state index in [9.17, 15) is 9.59 Å². The van der Waals surface area contributed by atoms with Crippen molar-refractivity contribution in [3.8, 4) is 0 Å². The second-order valence-corrected chi connectivity index (χ2v) is 5.12. The van der Waals surface area contributed by atoms with Crippen LogP contribution >= 0.6 is 0 Å². The van der Waals surface area contributed by atoms with Crippen LogP contribution in [-0.2, 0) is 17.8 Å². The summed E-state index contributed by atoms with van der Waals surface area (Å²) in [5.74, 6) is 0.820. The molecule has 1 aromatic heterocycles. The number of amides is 2. The molecule has 104 valence electrons. The molecular weight excluding hydrogens is 244 g/mol. The molecule has 1 aromatic rings. The highest BCUT2D eigenvalue weighted by atomic mass is 16.2. The molecule has 1 aliphatic rings. The molecule has 6 heteroatoms. The highest BCUT2D eigenvalue weighted by Gasteiger charge is 2.19. The van der Waals surface area contributed by atoms with Gasteiger partial charge in [0.2, 0.25) is 5.91 Å².